The summed E-state index contributed by atoms with van der Waals surface area (Å²) < 4.78 is 6.92. The molecule has 2 amide bonds. The quantitative estimate of drug-likeness (QED) is 0.518. The number of aromatic nitrogens is 4. The van der Waals surface area contributed by atoms with Crippen LogP contribution in [0, 0.1) is 18.8 Å². The summed E-state index contributed by atoms with van der Waals surface area (Å²) in [5.74, 6) is 0.478. The minimum absolute atomic E-state index is 0.0412. The second-order valence-corrected chi connectivity index (χ2v) is 11.0. The van der Waals surface area contributed by atoms with E-state index in [1.54, 1.807) is 16.9 Å². The molecule has 0 aromatic carbocycles. The lowest BCUT2D eigenvalue weighted by molar-refractivity contribution is -0.119. The van der Waals surface area contributed by atoms with Gasteiger partial charge in [0.25, 0.3) is 5.91 Å². The van der Waals surface area contributed by atoms with Crippen molar-refractivity contribution in [2.75, 3.05) is 5.32 Å². The molecule has 0 bridgehead atoms. The maximum Gasteiger partial charge on any atom is 0.257 e. The summed E-state index contributed by atoms with van der Waals surface area (Å²) in [7, 11) is 1.89. The first-order chi connectivity index (χ1) is 17.0. The number of amides is 2. The Kier molecular flexibility index (Phi) is 7.28. The van der Waals surface area contributed by atoms with E-state index in [4.69, 9.17) is 4.52 Å². The highest BCUT2D eigenvalue weighted by Gasteiger charge is 2.35. The zero-order valence-corrected chi connectivity index (χ0v) is 22.0. The average Bonchev–Trinajstić information content (AvgIpc) is 3.46. The van der Waals surface area contributed by atoms with Crippen molar-refractivity contribution in [1.82, 2.24) is 25.2 Å². The maximum absolute atomic E-state index is 13.5. The van der Waals surface area contributed by atoms with Crippen molar-refractivity contribution >= 4 is 17.6 Å². The molecule has 9 nitrogen and oxygen atoms in total. The topological polar surface area (TPSA) is 115 Å². The molecule has 1 aliphatic rings. The molecule has 1 fully saturated rings. The van der Waals surface area contributed by atoms with Crippen molar-refractivity contribution in [1.29, 1.82) is 0 Å². The third-order valence-corrected chi connectivity index (χ3v) is 7.04. The molecule has 1 atom stereocenters. The van der Waals surface area contributed by atoms with Crippen molar-refractivity contribution < 1.29 is 14.1 Å². The molecule has 2 N–H and O–H groups in total. The first kappa shape index (κ1) is 25.6. The third kappa shape index (κ3) is 5.50. The van der Waals surface area contributed by atoms with Gasteiger partial charge in [-0.25, -0.2) is 4.98 Å². The van der Waals surface area contributed by atoms with Crippen LogP contribution in [0.15, 0.2) is 35.3 Å². The van der Waals surface area contributed by atoms with Crippen LogP contribution in [0.2, 0.25) is 0 Å². The van der Waals surface area contributed by atoms with Crippen LogP contribution in [0.1, 0.15) is 75.0 Å². The molecule has 3 heterocycles. The van der Waals surface area contributed by atoms with Crippen LogP contribution in [0.3, 0.4) is 0 Å². The Hall–Kier alpha value is -3.49. The number of nitrogens with zero attached hydrogens (tertiary/aromatic N) is 4. The van der Waals surface area contributed by atoms with Gasteiger partial charge in [0.15, 0.2) is 0 Å². The van der Waals surface area contributed by atoms with E-state index in [1.807, 2.05) is 47.0 Å². The molecule has 9 heteroatoms. The van der Waals surface area contributed by atoms with Crippen LogP contribution in [0.4, 0.5) is 5.82 Å². The predicted molar refractivity (Wildman–Crippen MR) is 137 cm³/mol. The Morgan fingerprint density at radius 3 is 2.44 bits per heavy atom. The lowest BCUT2D eigenvalue weighted by Crippen LogP contribution is -2.49. The van der Waals surface area contributed by atoms with E-state index in [9.17, 15) is 9.59 Å². The number of anilines is 1. The van der Waals surface area contributed by atoms with E-state index in [1.165, 1.54) is 6.26 Å². The average molecular weight is 493 g/mol. The minimum atomic E-state index is -0.687. The Morgan fingerprint density at radius 1 is 1.14 bits per heavy atom. The number of aryl methyl sites for hydroxylation is 2. The zero-order chi connectivity index (χ0) is 26.0. The highest BCUT2D eigenvalue weighted by molar-refractivity contribution is 6.01. The Bertz CT molecular complexity index is 1190. The first-order valence-electron chi connectivity index (χ1n) is 12.6. The second-order valence-electron chi connectivity index (χ2n) is 11.0. The molecule has 1 aliphatic carbocycles. The molecule has 0 spiro atoms. The highest BCUT2D eigenvalue weighted by atomic mass is 16.5. The number of hydrogen-bond acceptors (Lipinski definition) is 6. The van der Waals surface area contributed by atoms with E-state index < -0.39 is 6.04 Å². The normalized spacial score (nSPS) is 19.1. The fraction of sp³-hybridized carbons (Fsp3) is 0.519. The largest absolute Gasteiger partial charge is 0.364 e. The number of hydrogen-bond donors (Lipinski definition) is 2. The van der Waals surface area contributed by atoms with Gasteiger partial charge in [-0.15, -0.1) is 0 Å². The van der Waals surface area contributed by atoms with E-state index >= 15 is 0 Å². The summed E-state index contributed by atoms with van der Waals surface area (Å²) in [5.41, 5.74) is 3.51. The standard InChI is InChI=1S/C27H36N6O3/c1-16-7-9-18(10-8-16)22(31-25(34)20-15-36-32-24(20)27(3,4)5)26(35)30-21-12-11-19(14-28-21)23-17(2)13-29-33(23)6/h11-16,18,22H,7-10H2,1-6H3,(H,31,34)(H,28,30,35)/t16?,18?,22-/m0/s1. The summed E-state index contributed by atoms with van der Waals surface area (Å²) in [6.45, 7) is 10.1. The molecule has 0 radical (unpaired) electrons. The van der Waals surface area contributed by atoms with Gasteiger partial charge in [0.05, 0.1) is 11.9 Å². The molecule has 3 aromatic heterocycles. The summed E-state index contributed by atoms with van der Waals surface area (Å²) in [4.78, 5) is 31.2. The molecular weight excluding hydrogens is 456 g/mol. The van der Waals surface area contributed by atoms with Crippen molar-refractivity contribution in [3.8, 4) is 11.3 Å². The number of nitrogens with one attached hydrogen (secondary N) is 2. The second kappa shape index (κ2) is 10.2. The lowest BCUT2D eigenvalue weighted by atomic mass is 9.79. The fourth-order valence-electron chi connectivity index (χ4n) is 4.95. The van der Waals surface area contributed by atoms with Gasteiger partial charge in [-0.3, -0.25) is 14.3 Å². The summed E-state index contributed by atoms with van der Waals surface area (Å²) in [5, 5.41) is 14.2. The van der Waals surface area contributed by atoms with Gasteiger partial charge in [-0.05, 0) is 49.3 Å². The first-order valence-corrected chi connectivity index (χ1v) is 12.6. The number of rotatable bonds is 6. The molecule has 36 heavy (non-hydrogen) atoms. The van der Waals surface area contributed by atoms with Gasteiger partial charge >= 0.3 is 0 Å². The number of carbonyl (C=O) groups excluding carboxylic acids is 2. The van der Waals surface area contributed by atoms with Crippen molar-refractivity contribution in [2.24, 2.45) is 18.9 Å². The van der Waals surface area contributed by atoms with Gasteiger partial charge in [0, 0.05) is 24.2 Å². The zero-order valence-electron chi connectivity index (χ0n) is 22.0. The summed E-state index contributed by atoms with van der Waals surface area (Å²) >= 11 is 0. The van der Waals surface area contributed by atoms with Crippen molar-refractivity contribution in [3.05, 3.63) is 47.6 Å². The maximum atomic E-state index is 13.5. The van der Waals surface area contributed by atoms with Gasteiger partial charge in [-0.1, -0.05) is 45.7 Å². The van der Waals surface area contributed by atoms with Gasteiger partial charge in [0.2, 0.25) is 5.91 Å². The molecule has 3 aromatic rings. The van der Waals surface area contributed by atoms with Crippen molar-refractivity contribution in [2.45, 2.75) is 71.8 Å². The highest BCUT2D eigenvalue weighted by Crippen LogP contribution is 2.32. The lowest BCUT2D eigenvalue weighted by Gasteiger charge is -2.32. The summed E-state index contributed by atoms with van der Waals surface area (Å²) in [6.07, 6.45) is 8.70. The number of pyridine rings is 1. The van der Waals surface area contributed by atoms with Crippen molar-refractivity contribution in [3.63, 3.8) is 0 Å². The van der Waals surface area contributed by atoms with Gasteiger partial charge in [-0.2, -0.15) is 5.10 Å². The van der Waals surface area contributed by atoms with Crippen LogP contribution in [-0.4, -0.2) is 37.8 Å². The van der Waals surface area contributed by atoms with Gasteiger partial charge < -0.3 is 15.2 Å². The Labute approximate surface area is 212 Å². The predicted octanol–water partition coefficient (Wildman–Crippen LogP) is 4.64. The van der Waals surface area contributed by atoms with E-state index in [2.05, 4.69) is 32.8 Å². The summed E-state index contributed by atoms with van der Waals surface area (Å²) in [6, 6.07) is 3.00. The van der Waals surface area contributed by atoms with Crippen LogP contribution in [0.5, 0.6) is 0 Å². The molecule has 192 valence electrons. The molecule has 4 rings (SSSR count). The Balaban J connectivity index is 1.53. The van der Waals surface area contributed by atoms with E-state index in [0.717, 1.165) is 42.5 Å². The molecule has 0 unspecified atom stereocenters. The van der Waals surface area contributed by atoms with E-state index in [0.29, 0.717) is 23.0 Å². The molecule has 1 saturated carbocycles. The molecule has 0 saturated heterocycles. The van der Waals surface area contributed by atoms with Crippen LogP contribution < -0.4 is 10.6 Å². The monoisotopic (exact) mass is 492 g/mol. The smallest absolute Gasteiger partial charge is 0.257 e. The minimum Gasteiger partial charge on any atom is -0.364 e. The molecule has 0 aliphatic heterocycles. The fourth-order valence-corrected chi connectivity index (χ4v) is 4.95. The van der Waals surface area contributed by atoms with E-state index in [-0.39, 0.29) is 23.1 Å². The molecular formula is C27H36N6O3. The van der Waals surface area contributed by atoms with Crippen LogP contribution >= 0.6 is 0 Å². The Morgan fingerprint density at radius 2 is 1.86 bits per heavy atom. The van der Waals surface area contributed by atoms with Crippen LogP contribution in [-0.2, 0) is 17.3 Å². The third-order valence-electron chi connectivity index (χ3n) is 7.04. The van der Waals surface area contributed by atoms with Gasteiger partial charge in [0.1, 0.15) is 29.4 Å². The van der Waals surface area contributed by atoms with Crippen LogP contribution in [0.25, 0.3) is 11.3 Å². The SMILES string of the molecule is Cc1cnn(C)c1-c1ccc(NC(=O)[C@@H](NC(=O)c2conc2C(C)(C)C)C2CCC(C)CC2)nc1. The number of carbonyl (C=O) groups is 2.